The number of hydrogen-bond donors (Lipinski definition) is 1. The fraction of sp³-hybridized carbons (Fsp3) is 0.200. The second-order valence-electron chi connectivity index (χ2n) is 4.53. The van der Waals surface area contributed by atoms with Crippen LogP contribution in [0.3, 0.4) is 0 Å². The summed E-state index contributed by atoms with van der Waals surface area (Å²) in [5.74, 6) is -0.325. The molecule has 19 heavy (non-hydrogen) atoms. The van der Waals surface area contributed by atoms with E-state index in [1.807, 2.05) is 24.3 Å². The van der Waals surface area contributed by atoms with Gasteiger partial charge in [0.15, 0.2) is 0 Å². The van der Waals surface area contributed by atoms with Gasteiger partial charge in [0.2, 0.25) is 0 Å². The highest BCUT2D eigenvalue weighted by atomic mass is 79.9. The summed E-state index contributed by atoms with van der Waals surface area (Å²) in [6, 6.07) is 12.4. The van der Waals surface area contributed by atoms with E-state index < -0.39 is 0 Å². The Labute approximate surface area is 125 Å². The fourth-order valence-corrected chi connectivity index (χ4v) is 2.70. The van der Waals surface area contributed by atoms with Crippen molar-refractivity contribution in [3.8, 4) is 0 Å². The number of nitrogens with two attached hydrogens (primary N) is 1. The molecule has 0 radical (unpaired) electrons. The quantitative estimate of drug-likeness (QED) is 0.878. The largest absolute Gasteiger partial charge is 0.327 e. The molecular formula is C15H14BrClFN. The van der Waals surface area contributed by atoms with Crippen LogP contribution < -0.4 is 5.73 Å². The summed E-state index contributed by atoms with van der Waals surface area (Å²) >= 11 is 9.43. The van der Waals surface area contributed by atoms with Crippen molar-refractivity contribution in [1.29, 1.82) is 0 Å². The summed E-state index contributed by atoms with van der Waals surface area (Å²) in [4.78, 5) is 0. The van der Waals surface area contributed by atoms with Gasteiger partial charge in [0.25, 0.3) is 0 Å². The minimum absolute atomic E-state index is 0.0442. The third-order valence-corrected chi connectivity index (χ3v) is 3.73. The van der Waals surface area contributed by atoms with Gasteiger partial charge in [0, 0.05) is 15.5 Å². The van der Waals surface area contributed by atoms with Crippen LogP contribution in [0.25, 0.3) is 0 Å². The van der Waals surface area contributed by atoms with Crippen molar-refractivity contribution < 1.29 is 4.39 Å². The molecule has 0 aromatic heterocycles. The van der Waals surface area contributed by atoms with Gasteiger partial charge in [-0.2, -0.15) is 0 Å². The Kier molecular flexibility index (Phi) is 4.97. The fourth-order valence-electron chi connectivity index (χ4n) is 2.01. The topological polar surface area (TPSA) is 26.0 Å². The first-order valence-electron chi connectivity index (χ1n) is 5.98. The molecule has 0 saturated carbocycles. The lowest BCUT2D eigenvalue weighted by atomic mass is 10.00. The summed E-state index contributed by atoms with van der Waals surface area (Å²) in [7, 11) is 0. The van der Waals surface area contributed by atoms with Gasteiger partial charge < -0.3 is 5.73 Å². The molecule has 0 spiro atoms. The van der Waals surface area contributed by atoms with Gasteiger partial charge in [0.1, 0.15) is 5.82 Å². The van der Waals surface area contributed by atoms with Crippen LogP contribution >= 0.6 is 27.5 Å². The monoisotopic (exact) mass is 341 g/mol. The molecule has 0 bridgehead atoms. The molecular weight excluding hydrogens is 329 g/mol. The van der Waals surface area contributed by atoms with E-state index >= 15 is 0 Å². The Bertz CT molecular complexity index is 574. The molecule has 2 rings (SSSR count). The zero-order chi connectivity index (χ0) is 13.8. The molecule has 0 saturated heterocycles. The van der Waals surface area contributed by atoms with Gasteiger partial charge in [-0.15, -0.1) is 0 Å². The smallest absolute Gasteiger partial charge is 0.124 e. The Balaban J connectivity index is 2.03. The molecule has 2 aromatic rings. The molecule has 0 heterocycles. The van der Waals surface area contributed by atoms with Crippen LogP contribution in [0.2, 0.25) is 5.02 Å². The van der Waals surface area contributed by atoms with E-state index in [0.29, 0.717) is 11.4 Å². The normalized spacial score (nSPS) is 12.4. The highest BCUT2D eigenvalue weighted by Gasteiger charge is 2.09. The second kappa shape index (κ2) is 6.51. The van der Waals surface area contributed by atoms with Gasteiger partial charge in [-0.3, -0.25) is 0 Å². The highest BCUT2D eigenvalue weighted by molar-refractivity contribution is 9.10. The maximum Gasteiger partial charge on any atom is 0.124 e. The van der Waals surface area contributed by atoms with Crippen molar-refractivity contribution in [2.24, 2.45) is 5.73 Å². The van der Waals surface area contributed by atoms with Crippen molar-refractivity contribution in [3.63, 3.8) is 0 Å². The summed E-state index contributed by atoms with van der Waals surface area (Å²) in [5.41, 5.74) is 8.17. The number of rotatable bonds is 4. The van der Waals surface area contributed by atoms with Crippen LogP contribution in [0.4, 0.5) is 4.39 Å². The van der Waals surface area contributed by atoms with E-state index in [-0.39, 0.29) is 11.9 Å². The SMILES string of the molecule is NC(Cc1cccc(Br)c1)Cc1ccc(F)cc1Cl. The molecule has 0 aliphatic rings. The number of benzene rings is 2. The summed E-state index contributed by atoms with van der Waals surface area (Å²) < 4.78 is 14.0. The van der Waals surface area contributed by atoms with Gasteiger partial charge in [-0.25, -0.2) is 4.39 Å². The molecule has 0 aliphatic carbocycles. The van der Waals surface area contributed by atoms with E-state index in [9.17, 15) is 4.39 Å². The maximum absolute atomic E-state index is 13.0. The first kappa shape index (κ1) is 14.5. The average molecular weight is 343 g/mol. The standard InChI is InChI=1S/C15H14BrClFN/c16-12-3-1-2-10(6-12)7-14(19)8-11-4-5-13(18)9-15(11)17/h1-6,9,14H,7-8,19H2. The van der Waals surface area contributed by atoms with Crippen LogP contribution in [-0.4, -0.2) is 6.04 Å². The predicted molar refractivity (Wildman–Crippen MR) is 80.9 cm³/mol. The summed E-state index contributed by atoms with van der Waals surface area (Å²) in [5, 5.41) is 0.435. The van der Waals surface area contributed by atoms with E-state index in [1.54, 1.807) is 6.07 Å². The molecule has 0 fully saturated rings. The Morgan fingerprint density at radius 3 is 2.63 bits per heavy atom. The molecule has 1 unspecified atom stereocenters. The Hall–Kier alpha value is -0.900. The van der Waals surface area contributed by atoms with Crippen molar-refractivity contribution >= 4 is 27.5 Å². The van der Waals surface area contributed by atoms with Crippen LogP contribution in [0.15, 0.2) is 46.9 Å². The van der Waals surface area contributed by atoms with E-state index in [0.717, 1.165) is 16.5 Å². The van der Waals surface area contributed by atoms with Gasteiger partial charge in [0.05, 0.1) is 0 Å². The molecule has 0 aliphatic heterocycles. The lowest BCUT2D eigenvalue weighted by Gasteiger charge is -2.13. The van der Waals surface area contributed by atoms with Crippen LogP contribution in [0.1, 0.15) is 11.1 Å². The predicted octanol–water partition coefficient (Wildman–Crippen LogP) is 4.35. The third-order valence-electron chi connectivity index (χ3n) is 2.88. The molecule has 2 aromatic carbocycles. The van der Waals surface area contributed by atoms with E-state index in [2.05, 4.69) is 15.9 Å². The molecule has 1 nitrogen and oxygen atoms in total. The van der Waals surface area contributed by atoms with Crippen molar-refractivity contribution in [2.45, 2.75) is 18.9 Å². The lowest BCUT2D eigenvalue weighted by Crippen LogP contribution is -2.25. The minimum Gasteiger partial charge on any atom is -0.327 e. The lowest BCUT2D eigenvalue weighted by molar-refractivity contribution is 0.623. The van der Waals surface area contributed by atoms with Crippen molar-refractivity contribution in [2.75, 3.05) is 0 Å². The van der Waals surface area contributed by atoms with Crippen LogP contribution in [0, 0.1) is 5.82 Å². The molecule has 2 N–H and O–H groups in total. The van der Waals surface area contributed by atoms with Gasteiger partial charge in [-0.05, 0) is 48.2 Å². The van der Waals surface area contributed by atoms with Gasteiger partial charge >= 0.3 is 0 Å². The molecule has 0 amide bonds. The molecule has 1 atom stereocenters. The molecule has 4 heteroatoms. The Morgan fingerprint density at radius 2 is 1.95 bits per heavy atom. The zero-order valence-corrected chi connectivity index (χ0v) is 12.6. The van der Waals surface area contributed by atoms with Crippen molar-refractivity contribution in [3.05, 3.63) is 68.9 Å². The second-order valence-corrected chi connectivity index (χ2v) is 5.86. The summed E-state index contributed by atoms with van der Waals surface area (Å²) in [6.07, 6.45) is 1.39. The number of hydrogen-bond acceptors (Lipinski definition) is 1. The average Bonchev–Trinajstić information content (AvgIpc) is 2.33. The Morgan fingerprint density at radius 1 is 1.16 bits per heavy atom. The van der Waals surface area contributed by atoms with Crippen molar-refractivity contribution in [1.82, 2.24) is 0 Å². The third kappa shape index (κ3) is 4.30. The number of halogens is 3. The van der Waals surface area contributed by atoms with Crippen LogP contribution in [-0.2, 0) is 12.8 Å². The molecule has 100 valence electrons. The van der Waals surface area contributed by atoms with E-state index in [1.165, 1.54) is 17.7 Å². The highest BCUT2D eigenvalue weighted by Crippen LogP contribution is 2.20. The minimum atomic E-state index is -0.325. The summed E-state index contributed by atoms with van der Waals surface area (Å²) in [6.45, 7) is 0. The van der Waals surface area contributed by atoms with Gasteiger partial charge in [-0.1, -0.05) is 45.7 Å². The zero-order valence-electron chi connectivity index (χ0n) is 10.2. The first-order valence-corrected chi connectivity index (χ1v) is 7.15. The maximum atomic E-state index is 13.0. The first-order chi connectivity index (χ1) is 9.04. The van der Waals surface area contributed by atoms with Crippen LogP contribution in [0.5, 0.6) is 0 Å². The van der Waals surface area contributed by atoms with E-state index in [4.69, 9.17) is 17.3 Å².